The van der Waals surface area contributed by atoms with Gasteiger partial charge in [-0.25, -0.2) is 0 Å². The van der Waals surface area contributed by atoms with Gasteiger partial charge in [-0.1, -0.05) is 0 Å². The molecule has 0 aliphatic heterocycles. The van der Waals surface area contributed by atoms with Crippen LogP contribution in [-0.4, -0.2) is 16.9 Å². The van der Waals surface area contributed by atoms with Gasteiger partial charge >= 0.3 is 5.97 Å². The smallest absolute Gasteiger partial charge is 0.316 e. The molecular weight excluding hydrogens is 220 g/mol. The van der Waals surface area contributed by atoms with E-state index in [1.807, 2.05) is 0 Å². The van der Waals surface area contributed by atoms with Crippen LogP contribution >= 0.6 is 0 Å². The summed E-state index contributed by atoms with van der Waals surface area (Å²) in [5.41, 5.74) is -0.407. The third-order valence-corrected chi connectivity index (χ3v) is 2.17. The number of benzene rings is 1. The van der Waals surface area contributed by atoms with E-state index in [1.165, 1.54) is 25.1 Å². The number of aromatic hydroxyl groups is 1. The van der Waals surface area contributed by atoms with Gasteiger partial charge in [-0.2, -0.15) is 0 Å². The zero-order valence-electron chi connectivity index (χ0n) is 10.4. The number of hydrogen-bond acceptors (Lipinski definition) is 4. The van der Waals surface area contributed by atoms with E-state index >= 15 is 0 Å². The quantitative estimate of drug-likeness (QED) is 0.487. The third kappa shape index (κ3) is 3.31. The Labute approximate surface area is 100 Å². The first-order chi connectivity index (χ1) is 7.71. The van der Waals surface area contributed by atoms with E-state index in [4.69, 9.17) is 4.74 Å². The Morgan fingerprint density at radius 1 is 1.24 bits per heavy atom. The minimum absolute atomic E-state index is 0.184. The van der Waals surface area contributed by atoms with E-state index in [2.05, 4.69) is 0 Å². The van der Waals surface area contributed by atoms with Gasteiger partial charge in [0.25, 0.3) is 0 Å². The van der Waals surface area contributed by atoms with Gasteiger partial charge in [-0.05, 0) is 39.8 Å². The van der Waals surface area contributed by atoms with Crippen molar-refractivity contribution < 1.29 is 19.4 Å². The fourth-order valence-electron chi connectivity index (χ4n) is 1.13. The summed E-state index contributed by atoms with van der Waals surface area (Å²) in [6.07, 6.45) is 0. The molecule has 0 atom stereocenters. The molecule has 0 aliphatic rings. The molecule has 0 aliphatic carbocycles. The molecule has 92 valence electrons. The highest BCUT2D eigenvalue weighted by Gasteiger charge is 2.24. The van der Waals surface area contributed by atoms with E-state index in [0.717, 1.165) is 0 Å². The number of hydrogen-bond donors (Lipinski definition) is 1. The number of esters is 1. The monoisotopic (exact) mass is 236 g/mol. The van der Waals surface area contributed by atoms with Gasteiger partial charge < -0.3 is 9.84 Å². The molecule has 0 saturated heterocycles. The Hall–Kier alpha value is -1.84. The third-order valence-electron chi connectivity index (χ3n) is 2.17. The number of ketones is 1. The van der Waals surface area contributed by atoms with Crippen molar-refractivity contribution in [2.45, 2.75) is 27.7 Å². The molecule has 0 amide bonds. The van der Waals surface area contributed by atoms with E-state index in [-0.39, 0.29) is 22.8 Å². The topological polar surface area (TPSA) is 63.6 Å². The van der Waals surface area contributed by atoms with Gasteiger partial charge in [0.2, 0.25) is 0 Å². The van der Waals surface area contributed by atoms with Crippen molar-refractivity contribution in [3.63, 3.8) is 0 Å². The molecule has 0 saturated carbocycles. The summed E-state index contributed by atoms with van der Waals surface area (Å²) in [5, 5.41) is 9.57. The minimum atomic E-state index is -0.616. The molecule has 0 fully saturated rings. The van der Waals surface area contributed by atoms with Crippen LogP contribution in [0.3, 0.4) is 0 Å². The molecule has 0 radical (unpaired) electrons. The lowest BCUT2D eigenvalue weighted by Gasteiger charge is -2.16. The van der Waals surface area contributed by atoms with E-state index in [1.54, 1.807) is 20.8 Å². The highest BCUT2D eigenvalue weighted by atomic mass is 16.5. The SMILES string of the molecule is CC(=O)c1ccc(OC(=O)C(C)(C)C)cc1O. The zero-order chi connectivity index (χ0) is 13.2. The standard InChI is InChI=1S/C13H16O4/c1-8(14)10-6-5-9(7-11(10)15)17-12(16)13(2,3)4/h5-7,15H,1-4H3. The summed E-state index contributed by atoms with van der Waals surface area (Å²) in [6, 6.07) is 4.18. The van der Waals surface area contributed by atoms with E-state index in [9.17, 15) is 14.7 Å². The molecule has 1 N–H and O–H groups in total. The second-order valence-electron chi connectivity index (χ2n) is 4.87. The molecule has 0 bridgehead atoms. The van der Waals surface area contributed by atoms with Gasteiger partial charge in [0.05, 0.1) is 11.0 Å². The lowest BCUT2D eigenvalue weighted by Crippen LogP contribution is -2.25. The normalized spacial score (nSPS) is 11.1. The first kappa shape index (κ1) is 13.2. The number of carbonyl (C=O) groups excluding carboxylic acids is 2. The van der Waals surface area contributed by atoms with Crippen molar-refractivity contribution in [1.82, 2.24) is 0 Å². The Balaban J connectivity index is 2.92. The molecule has 1 rings (SSSR count). The number of rotatable bonds is 2. The van der Waals surface area contributed by atoms with Crippen LogP contribution in [0.25, 0.3) is 0 Å². The Morgan fingerprint density at radius 2 is 1.82 bits per heavy atom. The van der Waals surface area contributed by atoms with Crippen molar-refractivity contribution in [1.29, 1.82) is 0 Å². The zero-order valence-corrected chi connectivity index (χ0v) is 10.4. The minimum Gasteiger partial charge on any atom is -0.507 e. The highest BCUT2D eigenvalue weighted by Crippen LogP contribution is 2.26. The Kier molecular flexibility index (Phi) is 3.56. The van der Waals surface area contributed by atoms with Crippen LogP contribution in [0.2, 0.25) is 0 Å². The number of phenolic OH excluding ortho intramolecular Hbond substituents is 1. The Morgan fingerprint density at radius 3 is 2.24 bits per heavy atom. The van der Waals surface area contributed by atoms with Crippen molar-refractivity contribution in [3.8, 4) is 11.5 Å². The second-order valence-corrected chi connectivity index (χ2v) is 4.87. The van der Waals surface area contributed by atoms with Crippen molar-refractivity contribution in [2.24, 2.45) is 5.41 Å². The Bertz CT molecular complexity index is 455. The molecular formula is C13H16O4. The fourth-order valence-corrected chi connectivity index (χ4v) is 1.13. The maximum absolute atomic E-state index is 11.6. The van der Waals surface area contributed by atoms with E-state index in [0.29, 0.717) is 0 Å². The van der Waals surface area contributed by atoms with Crippen LogP contribution in [0, 0.1) is 5.41 Å². The number of ether oxygens (including phenoxy) is 1. The molecule has 1 aromatic carbocycles. The second kappa shape index (κ2) is 4.57. The lowest BCUT2D eigenvalue weighted by molar-refractivity contribution is -0.142. The average Bonchev–Trinajstić information content (AvgIpc) is 2.15. The molecule has 0 aromatic heterocycles. The van der Waals surface area contributed by atoms with E-state index < -0.39 is 11.4 Å². The molecule has 0 heterocycles. The van der Waals surface area contributed by atoms with Crippen LogP contribution in [0.4, 0.5) is 0 Å². The average molecular weight is 236 g/mol. The maximum Gasteiger partial charge on any atom is 0.316 e. The summed E-state index contributed by atoms with van der Waals surface area (Å²) >= 11 is 0. The van der Waals surface area contributed by atoms with Crippen molar-refractivity contribution in [3.05, 3.63) is 23.8 Å². The van der Waals surface area contributed by atoms with Crippen LogP contribution in [0.5, 0.6) is 11.5 Å². The molecule has 4 heteroatoms. The molecule has 0 unspecified atom stereocenters. The summed E-state index contributed by atoms with van der Waals surface area (Å²) in [7, 11) is 0. The van der Waals surface area contributed by atoms with Crippen LogP contribution < -0.4 is 4.74 Å². The first-order valence-corrected chi connectivity index (χ1v) is 5.28. The predicted molar refractivity (Wildman–Crippen MR) is 63.2 cm³/mol. The number of carbonyl (C=O) groups is 2. The summed E-state index contributed by atoms with van der Waals surface area (Å²) in [4.78, 5) is 22.7. The van der Waals surface area contributed by atoms with Gasteiger partial charge in [0.1, 0.15) is 11.5 Å². The maximum atomic E-state index is 11.6. The van der Waals surface area contributed by atoms with Gasteiger partial charge in [0, 0.05) is 6.07 Å². The van der Waals surface area contributed by atoms with Crippen molar-refractivity contribution >= 4 is 11.8 Å². The largest absolute Gasteiger partial charge is 0.507 e. The van der Waals surface area contributed by atoms with Gasteiger partial charge in [0.15, 0.2) is 5.78 Å². The summed E-state index contributed by atoms with van der Waals surface area (Å²) in [6.45, 7) is 6.56. The lowest BCUT2D eigenvalue weighted by atomic mass is 9.97. The predicted octanol–water partition coefficient (Wildman–Crippen LogP) is 2.55. The van der Waals surface area contributed by atoms with Gasteiger partial charge in [-0.15, -0.1) is 0 Å². The molecule has 0 spiro atoms. The number of phenols is 1. The molecule has 4 nitrogen and oxygen atoms in total. The summed E-state index contributed by atoms with van der Waals surface area (Å²) in [5.74, 6) is -0.590. The highest BCUT2D eigenvalue weighted by molar-refractivity contribution is 5.96. The fraction of sp³-hybridized carbons (Fsp3) is 0.385. The molecule has 17 heavy (non-hydrogen) atoms. The first-order valence-electron chi connectivity index (χ1n) is 5.28. The number of Topliss-reactive ketones (excluding diaryl/α,β-unsaturated/α-hetero) is 1. The van der Waals surface area contributed by atoms with Crippen LogP contribution in [-0.2, 0) is 4.79 Å². The van der Waals surface area contributed by atoms with Crippen molar-refractivity contribution in [2.75, 3.05) is 0 Å². The van der Waals surface area contributed by atoms with Gasteiger partial charge in [-0.3, -0.25) is 9.59 Å². The van der Waals surface area contributed by atoms with Crippen LogP contribution in [0.1, 0.15) is 38.1 Å². The van der Waals surface area contributed by atoms with Crippen LogP contribution in [0.15, 0.2) is 18.2 Å². The summed E-state index contributed by atoms with van der Waals surface area (Å²) < 4.78 is 5.08. The molecule has 1 aromatic rings.